The normalized spacial score (nSPS) is 16.2. The van der Waals surface area contributed by atoms with Gasteiger partial charge in [-0.25, -0.2) is 0 Å². The number of nitrogens with zero attached hydrogens (tertiary/aromatic N) is 2. The fourth-order valence-electron chi connectivity index (χ4n) is 2.32. The first-order valence-electron chi connectivity index (χ1n) is 7.10. The van der Waals surface area contributed by atoms with Gasteiger partial charge < -0.3 is 4.42 Å². The van der Waals surface area contributed by atoms with E-state index in [1.54, 1.807) is 36.4 Å². The van der Waals surface area contributed by atoms with Gasteiger partial charge in [0.15, 0.2) is 0 Å². The highest BCUT2D eigenvalue weighted by Crippen LogP contribution is 2.35. The predicted molar refractivity (Wildman–Crippen MR) is 96.7 cm³/mol. The third kappa shape index (κ3) is 2.98. The number of benzene rings is 1. The van der Waals surface area contributed by atoms with Gasteiger partial charge in [-0.3, -0.25) is 19.8 Å². The van der Waals surface area contributed by atoms with Crippen molar-refractivity contribution in [2.24, 2.45) is 0 Å². The predicted octanol–water partition coefficient (Wildman–Crippen LogP) is 4.71. The Morgan fingerprint density at radius 2 is 2.08 bits per heavy atom. The van der Waals surface area contributed by atoms with Gasteiger partial charge in [0.25, 0.3) is 10.9 Å². The Labute approximate surface area is 147 Å². The van der Waals surface area contributed by atoms with Crippen LogP contribution in [0.5, 0.6) is 0 Å². The Kier molecular flexibility index (Phi) is 4.50. The second-order valence-corrected chi connectivity index (χ2v) is 6.28. The van der Waals surface area contributed by atoms with Crippen molar-refractivity contribution < 1.29 is 14.1 Å². The van der Waals surface area contributed by atoms with Crippen LogP contribution in [0.3, 0.4) is 0 Å². The highest BCUT2D eigenvalue weighted by atomic mass is 32.2. The Morgan fingerprint density at radius 3 is 2.75 bits per heavy atom. The lowest BCUT2D eigenvalue weighted by Crippen LogP contribution is -2.26. The molecule has 1 aromatic carbocycles. The molecule has 3 rings (SSSR count). The van der Waals surface area contributed by atoms with Crippen LogP contribution in [0.15, 0.2) is 45.7 Å². The van der Waals surface area contributed by atoms with E-state index < -0.39 is 4.92 Å². The zero-order valence-corrected chi connectivity index (χ0v) is 14.2. The van der Waals surface area contributed by atoms with Gasteiger partial charge >= 0.3 is 0 Å². The number of amides is 1. The van der Waals surface area contributed by atoms with Gasteiger partial charge in [-0.05, 0) is 43.0 Å². The van der Waals surface area contributed by atoms with Crippen LogP contribution < -0.4 is 0 Å². The fourth-order valence-corrected chi connectivity index (χ4v) is 3.66. The zero-order valence-electron chi connectivity index (χ0n) is 12.6. The van der Waals surface area contributed by atoms with E-state index in [0.717, 1.165) is 11.8 Å². The summed E-state index contributed by atoms with van der Waals surface area (Å²) in [6, 6.07) is 9.73. The summed E-state index contributed by atoms with van der Waals surface area (Å²) in [6.07, 6.45) is 1.68. The van der Waals surface area contributed by atoms with Crippen LogP contribution in [0.1, 0.15) is 12.7 Å². The molecule has 122 valence electrons. The van der Waals surface area contributed by atoms with Crippen molar-refractivity contribution in [3.63, 3.8) is 0 Å². The van der Waals surface area contributed by atoms with Crippen LogP contribution in [-0.4, -0.2) is 26.6 Å². The molecule has 1 aromatic heterocycles. The number of thiocarbonyl (C=S) groups is 1. The lowest BCUT2D eigenvalue weighted by atomic mass is 10.1. The first kappa shape index (κ1) is 16.4. The van der Waals surface area contributed by atoms with Crippen LogP contribution in [0, 0.1) is 10.1 Å². The summed E-state index contributed by atoms with van der Waals surface area (Å²) in [7, 11) is 0. The monoisotopic (exact) mass is 360 g/mol. The van der Waals surface area contributed by atoms with E-state index >= 15 is 0 Å². The standard InChI is InChI=1S/C16H12N2O4S2/c1-2-17-15(23)14(24-16(17)19)9-10-7-8-13(22-10)11-5-3-4-6-12(11)18(20)21/h3-9H,2H2,1H3/b14-9-. The van der Waals surface area contributed by atoms with Crippen LogP contribution >= 0.6 is 24.0 Å². The van der Waals surface area contributed by atoms with Crippen LogP contribution in [-0.2, 0) is 0 Å². The minimum absolute atomic E-state index is 0.0239. The maximum Gasteiger partial charge on any atom is 0.291 e. The quantitative estimate of drug-likeness (QED) is 0.340. The molecule has 0 radical (unpaired) electrons. The Morgan fingerprint density at radius 1 is 1.33 bits per heavy atom. The summed E-state index contributed by atoms with van der Waals surface area (Å²) in [6.45, 7) is 2.37. The first-order chi connectivity index (χ1) is 11.5. The van der Waals surface area contributed by atoms with Gasteiger partial charge in [0, 0.05) is 12.6 Å². The van der Waals surface area contributed by atoms with Crippen molar-refractivity contribution >= 4 is 46.0 Å². The number of thioether (sulfide) groups is 1. The Hall–Kier alpha value is -2.45. The number of nitro groups is 1. The number of furan rings is 1. The number of hydrogen-bond acceptors (Lipinski definition) is 6. The minimum Gasteiger partial charge on any atom is -0.456 e. The average Bonchev–Trinajstić information content (AvgIpc) is 3.13. The molecule has 0 spiro atoms. The zero-order chi connectivity index (χ0) is 17.3. The number of rotatable bonds is 4. The minimum atomic E-state index is -0.449. The molecule has 24 heavy (non-hydrogen) atoms. The van der Waals surface area contributed by atoms with Crippen LogP contribution in [0.4, 0.5) is 10.5 Å². The molecule has 2 heterocycles. The maximum atomic E-state index is 11.8. The molecule has 1 amide bonds. The number of nitro benzene ring substituents is 1. The van der Waals surface area contributed by atoms with E-state index in [2.05, 4.69) is 0 Å². The molecular weight excluding hydrogens is 348 g/mol. The number of likely N-dealkylation sites (N-methyl/N-ethyl adjacent to an activating group) is 1. The molecule has 0 bridgehead atoms. The smallest absolute Gasteiger partial charge is 0.291 e. The molecule has 0 aliphatic carbocycles. The maximum absolute atomic E-state index is 11.8. The molecule has 0 N–H and O–H groups in total. The molecule has 1 saturated heterocycles. The number of carbonyl (C=O) groups excluding carboxylic acids is 1. The van der Waals surface area contributed by atoms with Crippen molar-refractivity contribution in [1.29, 1.82) is 0 Å². The first-order valence-corrected chi connectivity index (χ1v) is 8.32. The van der Waals surface area contributed by atoms with E-state index in [4.69, 9.17) is 16.6 Å². The van der Waals surface area contributed by atoms with Crippen molar-refractivity contribution in [3.05, 3.63) is 57.2 Å². The van der Waals surface area contributed by atoms with E-state index in [1.165, 1.54) is 11.0 Å². The summed E-state index contributed by atoms with van der Waals surface area (Å²) in [5.74, 6) is 0.875. The lowest BCUT2D eigenvalue weighted by Gasteiger charge is -2.09. The summed E-state index contributed by atoms with van der Waals surface area (Å²) < 4.78 is 5.69. The highest BCUT2D eigenvalue weighted by molar-refractivity contribution is 8.19. The molecule has 8 heteroatoms. The Bertz CT molecular complexity index is 872. The third-order valence-corrected chi connectivity index (χ3v) is 4.95. The highest BCUT2D eigenvalue weighted by Gasteiger charge is 2.30. The van der Waals surface area contributed by atoms with Crippen molar-refractivity contribution in [2.75, 3.05) is 6.54 Å². The molecule has 6 nitrogen and oxygen atoms in total. The number of para-hydroxylation sites is 1. The summed E-state index contributed by atoms with van der Waals surface area (Å²) in [5, 5.41) is 11.0. The fraction of sp³-hybridized carbons (Fsp3) is 0.125. The van der Waals surface area contributed by atoms with Crippen molar-refractivity contribution in [3.8, 4) is 11.3 Å². The SMILES string of the molecule is CCN1C(=O)S/C(=C\c2ccc(-c3ccccc3[N+](=O)[O-])o2)C1=S. The van der Waals surface area contributed by atoms with E-state index in [-0.39, 0.29) is 10.9 Å². The molecule has 0 atom stereocenters. The third-order valence-electron chi connectivity index (χ3n) is 3.46. The Balaban J connectivity index is 1.93. The van der Waals surface area contributed by atoms with Crippen LogP contribution in [0.25, 0.3) is 17.4 Å². The summed E-state index contributed by atoms with van der Waals surface area (Å²) in [5.41, 5.74) is 0.379. The van der Waals surface area contributed by atoms with E-state index in [9.17, 15) is 14.9 Å². The van der Waals surface area contributed by atoms with Gasteiger partial charge in [-0.1, -0.05) is 24.4 Å². The molecule has 1 aliphatic rings. The van der Waals surface area contributed by atoms with Gasteiger partial charge in [-0.15, -0.1) is 0 Å². The molecule has 2 aromatic rings. The van der Waals surface area contributed by atoms with Crippen molar-refractivity contribution in [2.45, 2.75) is 6.92 Å². The summed E-state index contributed by atoms with van der Waals surface area (Å²) >= 11 is 6.33. The summed E-state index contributed by atoms with van der Waals surface area (Å²) in [4.78, 5) is 25.1. The average molecular weight is 360 g/mol. The molecule has 0 saturated carbocycles. The van der Waals surface area contributed by atoms with Gasteiger partial charge in [0.05, 0.1) is 15.4 Å². The van der Waals surface area contributed by atoms with Gasteiger partial charge in [0.2, 0.25) is 0 Å². The van der Waals surface area contributed by atoms with E-state index in [0.29, 0.717) is 33.5 Å². The molecule has 1 aliphatic heterocycles. The number of hydrogen-bond donors (Lipinski definition) is 0. The van der Waals surface area contributed by atoms with Crippen LogP contribution in [0.2, 0.25) is 0 Å². The second-order valence-electron chi connectivity index (χ2n) is 4.90. The molecular formula is C16H12N2O4S2. The number of carbonyl (C=O) groups is 1. The lowest BCUT2D eigenvalue weighted by molar-refractivity contribution is -0.384. The topological polar surface area (TPSA) is 76.6 Å². The largest absolute Gasteiger partial charge is 0.456 e. The van der Waals surface area contributed by atoms with Gasteiger partial charge in [-0.2, -0.15) is 0 Å². The molecule has 1 fully saturated rings. The van der Waals surface area contributed by atoms with Crippen molar-refractivity contribution in [1.82, 2.24) is 4.90 Å². The van der Waals surface area contributed by atoms with E-state index in [1.807, 2.05) is 6.92 Å². The molecule has 0 unspecified atom stereocenters. The second kappa shape index (κ2) is 6.58. The van der Waals surface area contributed by atoms with Gasteiger partial charge in [0.1, 0.15) is 16.5 Å².